The van der Waals surface area contributed by atoms with E-state index in [9.17, 15) is 0 Å². The smallest absolute Gasteiger partial charge is 0.140 e. The lowest BCUT2D eigenvalue weighted by Gasteiger charge is -2.30. The standard InChI is InChI=1S/C8H19BN2/c1-6(2)5-8(3,11)7(10)9-4/h7,9H,1,5,10-11H2,2-4H3. The Balaban J connectivity index is 4.08. The van der Waals surface area contributed by atoms with Crippen LogP contribution in [0, 0.1) is 0 Å². The van der Waals surface area contributed by atoms with Crippen LogP contribution in [-0.2, 0) is 0 Å². The van der Waals surface area contributed by atoms with E-state index < -0.39 is 0 Å². The molecule has 0 radical (unpaired) electrons. The average molecular weight is 154 g/mol. The van der Waals surface area contributed by atoms with Crippen molar-refractivity contribution in [2.45, 2.75) is 38.6 Å². The minimum atomic E-state index is -0.291. The Morgan fingerprint density at radius 1 is 1.73 bits per heavy atom. The van der Waals surface area contributed by atoms with Gasteiger partial charge in [0.15, 0.2) is 0 Å². The minimum Gasteiger partial charge on any atom is -0.333 e. The van der Waals surface area contributed by atoms with Gasteiger partial charge in [0.1, 0.15) is 7.28 Å². The Kier molecular flexibility index (Phi) is 3.83. The van der Waals surface area contributed by atoms with Gasteiger partial charge in [0.05, 0.1) is 0 Å². The van der Waals surface area contributed by atoms with Crippen LogP contribution in [0.2, 0.25) is 6.82 Å². The maximum absolute atomic E-state index is 5.99. The number of nitrogens with two attached hydrogens (primary N) is 2. The van der Waals surface area contributed by atoms with Gasteiger partial charge in [0, 0.05) is 5.54 Å². The summed E-state index contributed by atoms with van der Waals surface area (Å²) in [5.41, 5.74) is 12.6. The third-order valence-corrected chi connectivity index (χ3v) is 1.97. The highest BCUT2D eigenvalue weighted by Gasteiger charge is 2.25. The molecule has 0 bridgehead atoms. The molecule has 11 heavy (non-hydrogen) atoms. The van der Waals surface area contributed by atoms with Crippen molar-refractivity contribution in [1.29, 1.82) is 0 Å². The average Bonchev–Trinajstić information content (AvgIpc) is 1.83. The molecule has 0 aliphatic rings. The van der Waals surface area contributed by atoms with E-state index >= 15 is 0 Å². The Labute approximate surface area is 70.3 Å². The minimum absolute atomic E-state index is 0.0687. The highest BCUT2D eigenvalue weighted by Crippen LogP contribution is 2.14. The molecule has 0 aromatic carbocycles. The van der Waals surface area contributed by atoms with Crippen LogP contribution in [0.5, 0.6) is 0 Å². The molecular formula is C8H19BN2. The van der Waals surface area contributed by atoms with Crippen LogP contribution < -0.4 is 11.5 Å². The zero-order valence-electron chi connectivity index (χ0n) is 7.85. The second kappa shape index (κ2) is 3.93. The molecule has 0 fully saturated rings. The molecule has 0 aromatic heterocycles. The van der Waals surface area contributed by atoms with Crippen molar-refractivity contribution < 1.29 is 0 Å². The van der Waals surface area contributed by atoms with Crippen LogP contribution in [0.25, 0.3) is 0 Å². The van der Waals surface area contributed by atoms with Gasteiger partial charge in [-0.05, 0) is 26.2 Å². The summed E-state index contributed by atoms with van der Waals surface area (Å²) < 4.78 is 0. The molecule has 0 saturated heterocycles. The van der Waals surface area contributed by atoms with Crippen LogP contribution in [0.3, 0.4) is 0 Å². The van der Waals surface area contributed by atoms with Crippen molar-refractivity contribution in [3.05, 3.63) is 12.2 Å². The Bertz CT molecular complexity index is 143. The summed E-state index contributed by atoms with van der Waals surface area (Å²) >= 11 is 0. The summed E-state index contributed by atoms with van der Waals surface area (Å²) in [6.45, 7) is 9.83. The molecular weight excluding hydrogens is 135 g/mol. The maximum Gasteiger partial charge on any atom is 0.140 e. The van der Waals surface area contributed by atoms with E-state index in [-0.39, 0.29) is 11.5 Å². The summed E-state index contributed by atoms with van der Waals surface area (Å²) in [6.07, 6.45) is 0.808. The lowest BCUT2D eigenvalue weighted by molar-refractivity contribution is 0.442. The van der Waals surface area contributed by atoms with Crippen molar-refractivity contribution in [2.24, 2.45) is 11.5 Å². The number of rotatable bonds is 4. The largest absolute Gasteiger partial charge is 0.333 e. The molecule has 0 saturated carbocycles. The summed E-state index contributed by atoms with van der Waals surface area (Å²) in [5.74, 6) is 0.0687. The molecule has 0 aromatic rings. The Hall–Kier alpha value is -0.275. The monoisotopic (exact) mass is 154 g/mol. The molecule has 0 heterocycles. The summed E-state index contributed by atoms with van der Waals surface area (Å²) in [6, 6.07) is 0. The van der Waals surface area contributed by atoms with Gasteiger partial charge < -0.3 is 11.5 Å². The van der Waals surface area contributed by atoms with E-state index in [0.29, 0.717) is 0 Å². The van der Waals surface area contributed by atoms with Gasteiger partial charge in [-0.1, -0.05) is 12.4 Å². The zero-order valence-corrected chi connectivity index (χ0v) is 7.85. The SMILES string of the molecule is C=C(C)CC(C)(N)C(N)BC. The highest BCUT2D eigenvalue weighted by atomic mass is 14.8. The van der Waals surface area contributed by atoms with Crippen LogP contribution in [-0.4, -0.2) is 18.8 Å². The summed E-state index contributed by atoms with van der Waals surface area (Å²) in [5, 5.41) is 0. The van der Waals surface area contributed by atoms with E-state index in [1.54, 1.807) is 0 Å². The first-order valence-electron chi connectivity index (χ1n) is 4.09. The van der Waals surface area contributed by atoms with Crippen molar-refractivity contribution in [3.63, 3.8) is 0 Å². The van der Waals surface area contributed by atoms with Gasteiger partial charge in [-0.15, -0.1) is 6.58 Å². The van der Waals surface area contributed by atoms with Gasteiger partial charge in [0.25, 0.3) is 0 Å². The Morgan fingerprint density at radius 3 is 2.45 bits per heavy atom. The van der Waals surface area contributed by atoms with Gasteiger partial charge in [-0.2, -0.15) is 0 Å². The first-order chi connectivity index (χ1) is 4.90. The first-order valence-corrected chi connectivity index (χ1v) is 4.09. The van der Waals surface area contributed by atoms with Gasteiger partial charge in [-0.3, -0.25) is 0 Å². The third-order valence-electron chi connectivity index (χ3n) is 1.97. The molecule has 0 aliphatic carbocycles. The normalized spacial score (nSPS) is 18.6. The molecule has 64 valence electrons. The maximum atomic E-state index is 5.99. The van der Waals surface area contributed by atoms with E-state index in [1.165, 1.54) is 0 Å². The predicted octanol–water partition coefficient (Wildman–Crippen LogP) is 0.439. The fraction of sp³-hybridized carbons (Fsp3) is 0.750. The fourth-order valence-electron chi connectivity index (χ4n) is 1.25. The molecule has 0 amide bonds. The lowest BCUT2D eigenvalue weighted by Crippen LogP contribution is -2.55. The summed E-state index contributed by atoms with van der Waals surface area (Å²) in [7, 11) is 0.917. The van der Waals surface area contributed by atoms with E-state index in [0.717, 1.165) is 19.3 Å². The Morgan fingerprint density at radius 2 is 2.18 bits per heavy atom. The molecule has 2 atom stereocenters. The molecule has 0 aliphatic heterocycles. The second-order valence-electron chi connectivity index (χ2n) is 3.65. The molecule has 3 heteroatoms. The molecule has 2 nitrogen and oxygen atoms in total. The third kappa shape index (κ3) is 3.58. The van der Waals surface area contributed by atoms with E-state index in [4.69, 9.17) is 11.5 Å². The van der Waals surface area contributed by atoms with Crippen molar-refractivity contribution in [2.75, 3.05) is 0 Å². The molecule has 2 unspecified atom stereocenters. The topological polar surface area (TPSA) is 52.0 Å². The lowest BCUT2D eigenvalue weighted by atomic mass is 9.63. The van der Waals surface area contributed by atoms with Crippen molar-refractivity contribution >= 4 is 7.28 Å². The van der Waals surface area contributed by atoms with Gasteiger partial charge in [0.2, 0.25) is 0 Å². The molecule has 0 rings (SSSR count). The van der Waals surface area contributed by atoms with Crippen LogP contribution in [0.4, 0.5) is 0 Å². The summed E-state index contributed by atoms with van der Waals surface area (Å²) in [4.78, 5) is 0. The predicted molar refractivity (Wildman–Crippen MR) is 53.0 cm³/mol. The van der Waals surface area contributed by atoms with Crippen molar-refractivity contribution in [1.82, 2.24) is 0 Å². The van der Waals surface area contributed by atoms with E-state index in [1.807, 2.05) is 20.7 Å². The first kappa shape index (κ1) is 10.7. The fourth-order valence-corrected chi connectivity index (χ4v) is 1.25. The molecule has 0 spiro atoms. The quantitative estimate of drug-likeness (QED) is 0.456. The second-order valence-corrected chi connectivity index (χ2v) is 3.65. The number of hydrogen-bond donors (Lipinski definition) is 2. The van der Waals surface area contributed by atoms with Crippen LogP contribution in [0.1, 0.15) is 20.3 Å². The van der Waals surface area contributed by atoms with Gasteiger partial charge >= 0.3 is 0 Å². The number of hydrogen-bond acceptors (Lipinski definition) is 2. The zero-order chi connectivity index (χ0) is 9.07. The van der Waals surface area contributed by atoms with E-state index in [2.05, 4.69) is 6.58 Å². The van der Waals surface area contributed by atoms with Crippen LogP contribution in [0.15, 0.2) is 12.2 Å². The highest BCUT2D eigenvalue weighted by molar-refractivity contribution is 6.36. The van der Waals surface area contributed by atoms with Gasteiger partial charge in [-0.25, -0.2) is 0 Å². The molecule has 4 N–H and O–H groups in total. The van der Waals surface area contributed by atoms with Crippen molar-refractivity contribution in [3.8, 4) is 0 Å². The van der Waals surface area contributed by atoms with Crippen LogP contribution >= 0.6 is 0 Å².